The molecule has 11 rings (SSSR count). The van der Waals surface area contributed by atoms with Gasteiger partial charge in [-0.05, 0) is 87.0 Å². The van der Waals surface area contributed by atoms with Gasteiger partial charge in [-0.1, -0.05) is 166 Å². The fourth-order valence-electron chi connectivity index (χ4n) is 8.86. The first-order chi connectivity index (χ1) is 28.5. The summed E-state index contributed by atoms with van der Waals surface area (Å²) in [5, 5.41) is 2.45. The van der Waals surface area contributed by atoms with Crippen molar-refractivity contribution in [3.05, 3.63) is 205 Å². The van der Waals surface area contributed by atoms with Crippen LogP contribution in [-0.2, 0) is 5.41 Å². The fourth-order valence-corrected chi connectivity index (χ4v) is 8.86. The third-order valence-corrected chi connectivity index (χ3v) is 11.9. The minimum absolute atomic E-state index is 0.0271. The Bertz CT molecular complexity index is 3100. The lowest BCUT2D eigenvalue weighted by atomic mass is 9.81. The van der Waals surface area contributed by atoms with E-state index in [0.29, 0.717) is 17.5 Å². The van der Waals surface area contributed by atoms with Crippen LogP contribution >= 0.6 is 0 Å². The van der Waals surface area contributed by atoms with E-state index >= 15 is 0 Å². The van der Waals surface area contributed by atoms with Crippen LogP contribution < -0.4 is 0 Å². The van der Waals surface area contributed by atoms with E-state index in [1.807, 2.05) is 60.7 Å². The highest BCUT2D eigenvalue weighted by Gasteiger charge is 2.35. The van der Waals surface area contributed by atoms with Gasteiger partial charge < -0.3 is 4.57 Å². The van der Waals surface area contributed by atoms with Crippen LogP contribution in [-0.4, -0.2) is 19.5 Å². The minimum atomic E-state index is -0.0271. The largest absolute Gasteiger partial charge is 0.309 e. The molecule has 0 saturated heterocycles. The molecule has 1 aliphatic carbocycles. The molecule has 274 valence electrons. The van der Waals surface area contributed by atoms with Crippen molar-refractivity contribution >= 4 is 21.8 Å². The zero-order chi connectivity index (χ0) is 38.8. The molecule has 0 radical (unpaired) electrons. The Morgan fingerprint density at radius 2 is 0.810 bits per heavy atom. The lowest BCUT2D eigenvalue weighted by molar-refractivity contribution is 0.660. The second-order valence-electron chi connectivity index (χ2n) is 15.7. The molecule has 0 unspecified atom stereocenters. The first kappa shape index (κ1) is 33.9. The molecule has 0 atom stereocenters. The number of aromatic nitrogens is 4. The van der Waals surface area contributed by atoms with Crippen molar-refractivity contribution in [2.75, 3.05) is 0 Å². The molecule has 2 heterocycles. The summed E-state index contributed by atoms with van der Waals surface area (Å²) in [6, 6.07) is 69.1. The summed E-state index contributed by atoms with van der Waals surface area (Å²) in [5.74, 6) is 1.94. The first-order valence-electron chi connectivity index (χ1n) is 19.9. The zero-order valence-corrected chi connectivity index (χ0v) is 32.3. The predicted octanol–water partition coefficient (Wildman–Crippen LogP) is 13.6. The van der Waals surface area contributed by atoms with Crippen molar-refractivity contribution in [3.8, 4) is 73.2 Å². The van der Waals surface area contributed by atoms with E-state index in [-0.39, 0.29) is 5.41 Å². The monoisotopic (exact) mass is 742 g/mol. The van der Waals surface area contributed by atoms with Gasteiger partial charge in [-0.3, -0.25) is 0 Å². The van der Waals surface area contributed by atoms with Gasteiger partial charge in [0.25, 0.3) is 0 Å². The molecule has 4 nitrogen and oxygen atoms in total. The predicted molar refractivity (Wildman–Crippen MR) is 239 cm³/mol. The van der Waals surface area contributed by atoms with E-state index in [1.165, 1.54) is 55.3 Å². The van der Waals surface area contributed by atoms with Crippen molar-refractivity contribution in [3.63, 3.8) is 0 Å². The normalized spacial score (nSPS) is 12.8. The van der Waals surface area contributed by atoms with Gasteiger partial charge in [-0.2, -0.15) is 0 Å². The van der Waals surface area contributed by atoms with Crippen molar-refractivity contribution in [2.24, 2.45) is 0 Å². The Morgan fingerprint density at radius 1 is 0.345 bits per heavy atom. The maximum absolute atomic E-state index is 4.96. The van der Waals surface area contributed by atoms with Gasteiger partial charge in [0.15, 0.2) is 17.5 Å². The van der Waals surface area contributed by atoms with Gasteiger partial charge in [0.2, 0.25) is 0 Å². The average molecular weight is 743 g/mol. The molecular formula is C54H38N4. The molecule has 58 heavy (non-hydrogen) atoms. The Balaban J connectivity index is 0.956. The molecule has 0 fully saturated rings. The summed E-state index contributed by atoms with van der Waals surface area (Å²) in [5.41, 5.74) is 16.5. The quantitative estimate of drug-likeness (QED) is 0.170. The number of nitrogens with zero attached hydrogens (tertiary/aromatic N) is 4. The van der Waals surface area contributed by atoms with Crippen LogP contribution in [0.4, 0.5) is 0 Å². The van der Waals surface area contributed by atoms with Crippen LogP contribution in [0.3, 0.4) is 0 Å². The molecule has 8 aromatic carbocycles. The van der Waals surface area contributed by atoms with Crippen molar-refractivity contribution < 1.29 is 0 Å². The molecular weight excluding hydrogens is 705 g/mol. The summed E-state index contributed by atoms with van der Waals surface area (Å²) in [4.78, 5) is 14.8. The topological polar surface area (TPSA) is 43.6 Å². The molecule has 1 aliphatic rings. The molecule has 0 amide bonds. The van der Waals surface area contributed by atoms with Crippen LogP contribution in [0.25, 0.3) is 95.0 Å². The van der Waals surface area contributed by atoms with Gasteiger partial charge in [0.05, 0.1) is 11.0 Å². The number of para-hydroxylation sites is 1. The number of hydrogen-bond acceptors (Lipinski definition) is 3. The van der Waals surface area contributed by atoms with Gasteiger partial charge in [0.1, 0.15) is 0 Å². The molecule has 0 spiro atoms. The van der Waals surface area contributed by atoms with Crippen LogP contribution in [0.5, 0.6) is 0 Å². The van der Waals surface area contributed by atoms with Gasteiger partial charge in [0, 0.05) is 38.6 Å². The standard InChI is InChI=1S/C54H38N4/c1-54(2)47-19-11-9-17-43(47)44-31-27-40(33-48(44)54)35-21-23-36(24-22-35)41-28-32-46-45-18-10-12-20-49(45)58(50(46)34-41)42-29-25-39(26-30-42)53-56-51(37-13-5-3-6-14-37)55-52(57-53)38-15-7-4-8-16-38/h3-34H,1-2H3. The third-order valence-electron chi connectivity index (χ3n) is 11.9. The van der Waals surface area contributed by atoms with Crippen LogP contribution in [0.1, 0.15) is 25.0 Å². The molecule has 0 saturated carbocycles. The van der Waals surface area contributed by atoms with Gasteiger partial charge in [-0.15, -0.1) is 0 Å². The summed E-state index contributed by atoms with van der Waals surface area (Å²) in [6.45, 7) is 4.68. The van der Waals surface area contributed by atoms with E-state index in [1.54, 1.807) is 0 Å². The Morgan fingerprint density at radius 3 is 1.47 bits per heavy atom. The zero-order valence-electron chi connectivity index (χ0n) is 32.3. The summed E-state index contributed by atoms with van der Waals surface area (Å²) in [6.07, 6.45) is 0. The maximum Gasteiger partial charge on any atom is 0.164 e. The van der Waals surface area contributed by atoms with E-state index in [4.69, 9.17) is 15.0 Å². The van der Waals surface area contributed by atoms with E-state index < -0.39 is 0 Å². The minimum Gasteiger partial charge on any atom is -0.309 e. The van der Waals surface area contributed by atoms with Crippen molar-refractivity contribution in [1.82, 2.24) is 19.5 Å². The lowest BCUT2D eigenvalue weighted by Crippen LogP contribution is -2.14. The van der Waals surface area contributed by atoms with E-state index in [0.717, 1.165) is 33.4 Å². The van der Waals surface area contributed by atoms with Gasteiger partial charge in [-0.25, -0.2) is 15.0 Å². The lowest BCUT2D eigenvalue weighted by Gasteiger charge is -2.22. The summed E-state index contributed by atoms with van der Waals surface area (Å²) in [7, 11) is 0. The average Bonchev–Trinajstić information content (AvgIpc) is 3.74. The highest BCUT2D eigenvalue weighted by Crippen LogP contribution is 2.49. The molecule has 2 aromatic heterocycles. The van der Waals surface area contributed by atoms with Crippen LogP contribution in [0.2, 0.25) is 0 Å². The Hall–Kier alpha value is -7.43. The summed E-state index contributed by atoms with van der Waals surface area (Å²) < 4.78 is 2.37. The van der Waals surface area contributed by atoms with Gasteiger partial charge >= 0.3 is 0 Å². The number of fused-ring (bicyclic) bond motifs is 6. The Kier molecular flexibility index (Phi) is 7.80. The molecule has 0 bridgehead atoms. The van der Waals surface area contributed by atoms with E-state index in [9.17, 15) is 0 Å². The number of benzene rings is 8. The fraction of sp³-hybridized carbons (Fsp3) is 0.0556. The first-order valence-corrected chi connectivity index (χ1v) is 19.9. The molecule has 10 aromatic rings. The van der Waals surface area contributed by atoms with Crippen LogP contribution in [0.15, 0.2) is 194 Å². The highest BCUT2D eigenvalue weighted by molar-refractivity contribution is 6.10. The van der Waals surface area contributed by atoms with Crippen molar-refractivity contribution in [2.45, 2.75) is 19.3 Å². The second-order valence-corrected chi connectivity index (χ2v) is 15.7. The molecule has 4 heteroatoms. The van der Waals surface area contributed by atoms with Crippen LogP contribution in [0, 0.1) is 0 Å². The highest BCUT2D eigenvalue weighted by atomic mass is 15.0. The van der Waals surface area contributed by atoms with Crippen molar-refractivity contribution in [1.29, 1.82) is 0 Å². The smallest absolute Gasteiger partial charge is 0.164 e. The number of hydrogen-bond donors (Lipinski definition) is 0. The molecule has 0 N–H and O–H groups in total. The van der Waals surface area contributed by atoms with E-state index in [2.05, 4.69) is 152 Å². The maximum atomic E-state index is 4.96. The SMILES string of the molecule is CC1(C)c2ccccc2-c2ccc(-c3ccc(-c4ccc5c6ccccc6n(-c6ccc(-c7nc(-c8ccccc8)nc(-c8ccccc8)n7)cc6)c5c4)cc3)cc21. The number of rotatable bonds is 6. The third kappa shape index (κ3) is 5.56. The summed E-state index contributed by atoms with van der Waals surface area (Å²) >= 11 is 0. The second kappa shape index (κ2) is 13.4. The molecule has 0 aliphatic heterocycles. The Labute approximate surface area is 337 Å².